The van der Waals surface area contributed by atoms with Gasteiger partial charge >= 0.3 is 0 Å². The average molecular weight is 301 g/mol. The Morgan fingerprint density at radius 1 is 1.00 bits per heavy atom. The Kier molecular flexibility index (Phi) is 4.36. The van der Waals surface area contributed by atoms with Crippen LogP contribution in [-0.2, 0) is 10.2 Å². The Hall–Kier alpha value is -0.170. The van der Waals surface area contributed by atoms with Crippen LogP contribution in [0.1, 0.15) is 32.1 Å². The molecule has 1 N–H and O–H groups in total. The van der Waals surface area contributed by atoms with Gasteiger partial charge in [0, 0.05) is 26.2 Å². The molecule has 3 fully saturated rings. The first-order chi connectivity index (χ1) is 9.61. The minimum absolute atomic E-state index is 0.629. The normalized spacial score (nSPS) is 33.6. The first kappa shape index (κ1) is 14.8. The van der Waals surface area contributed by atoms with Gasteiger partial charge in [-0.2, -0.15) is 17.0 Å². The molecular weight excluding hydrogens is 274 g/mol. The third-order valence-electron chi connectivity index (χ3n) is 5.41. The Bertz CT molecular complexity index is 420. The molecule has 0 radical (unpaired) electrons. The average Bonchev–Trinajstić information content (AvgIpc) is 3.00. The molecule has 0 aromatic rings. The maximum absolute atomic E-state index is 12.7. The van der Waals surface area contributed by atoms with Crippen LogP contribution in [0.4, 0.5) is 0 Å². The van der Waals surface area contributed by atoms with Gasteiger partial charge in [-0.1, -0.05) is 6.42 Å². The summed E-state index contributed by atoms with van der Waals surface area (Å²) in [5.74, 6) is 1.89. The van der Waals surface area contributed by atoms with Crippen LogP contribution in [0.5, 0.6) is 0 Å². The van der Waals surface area contributed by atoms with Crippen molar-refractivity contribution in [3.8, 4) is 0 Å². The summed E-state index contributed by atoms with van der Waals surface area (Å²) in [6.07, 6.45) is 5.71. The second-order valence-electron chi connectivity index (χ2n) is 6.68. The smallest absolute Gasteiger partial charge is 0.281 e. The molecular formula is C14H27N3O2S. The summed E-state index contributed by atoms with van der Waals surface area (Å²) in [5.41, 5.74) is 0. The SMILES string of the molecule is CNCC1CCN(S(=O)(=O)N2CC3CCCC3C2)CC1. The molecule has 3 aliphatic rings. The van der Waals surface area contributed by atoms with E-state index in [1.165, 1.54) is 19.3 Å². The minimum atomic E-state index is -3.20. The van der Waals surface area contributed by atoms with Crippen LogP contribution in [0, 0.1) is 17.8 Å². The quantitative estimate of drug-likeness (QED) is 0.839. The molecule has 0 aromatic carbocycles. The minimum Gasteiger partial charge on any atom is -0.319 e. The zero-order valence-electron chi connectivity index (χ0n) is 12.4. The molecule has 3 rings (SSSR count). The molecule has 1 aliphatic carbocycles. The number of nitrogens with one attached hydrogen (secondary N) is 1. The van der Waals surface area contributed by atoms with Gasteiger partial charge in [0.2, 0.25) is 0 Å². The van der Waals surface area contributed by atoms with Crippen LogP contribution < -0.4 is 5.32 Å². The predicted molar refractivity (Wildman–Crippen MR) is 79.5 cm³/mol. The molecule has 2 atom stereocenters. The maximum atomic E-state index is 12.7. The third kappa shape index (κ3) is 2.75. The maximum Gasteiger partial charge on any atom is 0.281 e. The fourth-order valence-electron chi connectivity index (χ4n) is 4.18. The van der Waals surface area contributed by atoms with Gasteiger partial charge in [-0.25, -0.2) is 0 Å². The van der Waals surface area contributed by atoms with E-state index >= 15 is 0 Å². The lowest BCUT2D eigenvalue weighted by molar-refractivity contribution is 0.254. The molecule has 0 amide bonds. The molecule has 0 bridgehead atoms. The van der Waals surface area contributed by atoms with E-state index in [2.05, 4.69) is 5.32 Å². The molecule has 0 aromatic heterocycles. The summed E-state index contributed by atoms with van der Waals surface area (Å²) in [5, 5.41) is 3.19. The van der Waals surface area contributed by atoms with Gasteiger partial charge in [-0.3, -0.25) is 0 Å². The van der Waals surface area contributed by atoms with Crippen molar-refractivity contribution in [1.29, 1.82) is 0 Å². The lowest BCUT2D eigenvalue weighted by atomic mass is 9.98. The largest absolute Gasteiger partial charge is 0.319 e. The molecule has 116 valence electrons. The van der Waals surface area contributed by atoms with Crippen LogP contribution in [0.2, 0.25) is 0 Å². The summed E-state index contributed by atoms with van der Waals surface area (Å²) < 4.78 is 28.9. The Balaban J connectivity index is 1.59. The van der Waals surface area contributed by atoms with Gasteiger partial charge in [0.05, 0.1) is 0 Å². The van der Waals surface area contributed by atoms with Gasteiger partial charge in [0.15, 0.2) is 0 Å². The van der Waals surface area contributed by atoms with Gasteiger partial charge in [0.25, 0.3) is 10.2 Å². The van der Waals surface area contributed by atoms with E-state index in [1.807, 2.05) is 7.05 Å². The summed E-state index contributed by atoms with van der Waals surface area (Å²) >= 11 is 0. The van der Waals surface area contributed by atoms with Gasteiger partial charge in [0.1, 0.15) is 0 Å². The van der Waals surface area contributed by atoms with Crippen LogP contribution in [0.15, 0.2) is 0 Å². The summed E-state index contributed by atoms with van der Waals surface area (Å²) in [6.45, 7) is 3.93. The second kappa shape index (κ2) is 5.91. The highest BCUT2D eigenvalue weighted by Crippen LogP contribution is 2.39. The molecule has 2 unspecified atom stereocenters. The highest BCUT2D eigenvalue weighted by atomic mass is 32.2. The molecule has 20 heavy (non-hydrogen) atoms. The van der Waals surface area contributed by atoms with E-state index in [-0.39, 0.29) is 0 Å². The van der Waals surface area contributed by atoms with Crippen molar-refractivity contribution in [3.05, 3.63) is 0 Å². The van der Waals surface area contributed by atoms with Crippen LogP contribution >= 0.6 is 0 Å². The van der Waals surface area contributed by atoms with Crippen molar-refractivity contribution in [1.82, 2.24) is 13.9 Å². The zero-order chi connectivity index (χ0) is 14.2. The molecule has 6 heteroatoms. The summed E-state index contributed by atoms with van der Waals surface area (Å²) in [7, 11) is -1.23. The van der Waals surface area contributed by atoms with Crippen molar-refractivity contribution in [3.63, 3.8) is 0 Å². The van der Waals surface area contributed by atoms with Crippen molar-refractivity contribution < 1.29 is 8.42 Å². The number of piperidine rings is 1. The standard InChI is InChI=1S/C14H27N3O2S/c1-15-9-12-5-7-16(8-6-12)20(18,19)17-10-13-3-2-4-14(13)11-17/h12-15H,2-11H2,1H3. The van der Waals surface area contributed by atoms with Crippen molar-refractivity contribution in [2.45, 2.75) is 32.1 Å². The topological polar surface area (TPSA) is 52.7 Å². The highest BCUT2D eigenvalue weighted by molar-refractivity contribution is 7.86. The summed E-state index contributed by atoms with van der Waals surface area (Å²) in [4.78, 5) is 0. The Labute approximate surface area is 122 Å². The Morgan fingerprint density at radius 3 is 2.15 bits per heavy atom. The lowest BCUT2D eigenvalue weighted by Crippen LogP contribution is -2.47. The fraction of sp³-hybridized carbons (Fsp3) is 1.00. The molecule has 2 aliphatic heterocycles. The fourth-order valence-corrected chi connectivity index (χ4v) is 5.94. The number of nitrogens with zero attached hydrogens (tertiary/aromatic N) is 2. The molecule has 0 spiro atoms. The molecule has 2 heterocycles. The second-order valence-corrected chi connectivity index (χ2v) is 8.60. The van der Waals surface area contributed by atoms with E-state index in [0.717, 1.165) is 32.5 Å². The van der Waals surface area contributed by atoms with E-state index in [0.29, 0.717) is 30.8 Å². The van der Waals surface area contributed by atoms with E-state index in [1.54, 1.807) is 8.61 Å². The number of fused-ring (bicyclic) bond motifs is 1. The number of hydrogen-bond donors (Lipinski definition) is 1. The number of hydrogen-bond acceptors (Lipinski definition) is 3. The monoisotopic (exact) mass is 301 g/mol. The van der Waals surface area contributed by atoms with Crippen LogP contribution in [0.25, 0.3) is 0 Å². The van der Waals surface area contributed by atoms with Crippen molar-refractivity contribution >= 4 is 10.2 Å². The van der Waals surface area contributed by atoms with E-state index in [9.17, 15) is 8.42 Å². The predicted octanol–water partition coefficient (Wildman–Crippen LogP) is 0.895. The number of rotatable bonds is 4. The third-order valence-corrected chi connectivity index (χ3v) is 7.38. The van der Waals surface area contributed by atoms with Gasteiger partial charge in [-0.15, -0.1) is 0 Å². The van der Waals surface area contributed by atoms with E-state index in [4.69, 9.17) is 0 Å². The van der Waals surface area contributed by atoms with Gasteiger partial charge in [-0.05, 0) is 57.0 Å². The Morgan fingerprint density at radius 2 is 1.60 bits per heavy atom. The first-order valence-electron chi connectivity index (χ1n) is 8.01. The lowest BCUT2D eigenvalue weighted by Gasteiger charge is -2.33. The van der Waals surface area contributed by atoms with Crippen LogP contribution in [0.3, 0.4) is 0 Å². The molecule has 1 saturated carbocycles. The van der Waals surface area contributed by atoms with Gasteiger partial charge < -0.3 is 5.32 Å². The zero-order valence-corrected chi connectivity index (χ0v) is 13.2. The van der Waals surface area contributed by atoms with Crippen LogP contribution in [-0.4, -0.2) is 56.8 Å². The first-order valence-corrected chi connectivity index (χ1v) is 9.40. The van der Waals surface area contributed by atoms with Crippen molar-refractivity contribution in [2.75, 3.05) is 39.8 Å². The molecule has 2 saturated heterocycles. The highest BCUT2D eigenvalue weighted by Gasteiger charge is 2.43. The van der Waals surface area contributed by atoms with Crippen molar-refractivity contribution in [2.24, 2.45) is 17.8 Å². The summed E-state index contributed by atoms with van der Waals surface area (Å²) in [6, 6.07) is 0. The molecule has 5 nitrogen and oxygen atoms in total. The van der Waals surface area contributed by atoms with E-state index < -0.39 is 10.2 Å².